The summed E-state index contributed by atoms with van der Waals surface area (Å²) in [5.74, 6) is 1.35. The fourth-order valence-electron chi connectivity index (χ4n) is 5.14. The smallest absolute Gasteiger partial charge is 0.234 e. The van der Waals surface area contributed by atoms with E-state index in [1.54, 1.807) is 0 Å². The number of fused-ring (bicyclic) bond motifs is 1. The summed E-state index contributed by atoms with van der Waals surface area (Å²) in [5.41, 5.74) is 5.56. The Balaban J connectivity index is 1.61. The molecule has 0 aliphatic heterocycles. The van der Waals surface area contributed by atoms with Crippen molar-refractivity contribution in [3.63, 3.8) is 0 Å². The molecule has 37 heavy (non-hydrogen) atoms. The number of carbonyl (C=O) groups is 1. The van der Waals surface area contributed by atoms with Gasteiger partial charge in [0.2, 0.25) is 5.91 Å². The molecule has 3 aromatic rings. The summed E-state index contributed by atoms with van der Waals surface area (Å²) in [4.78, 5) is 18.4. The average molecular weight is 503 g/mol. The van der Waals surface area contributed by atoms with E-state index in [9.17, 15) is 4.79 Å². The summed E-state index contributed by atoms with van der Waals surface area (Å²) in [6.07, 6.45) is 7.68. The van der Waals surface area contributed by atoms with Gasteiger partial charge in [0.25, 0.3) is 0 Å². The van der Waals surface area contributed by atoms with Crippen molar-refractivity contribution in [3.8, 4) is 5.75 Å². The van der Waals surface area contributed by atoms with Gasteiger partial charge in [-0.1, -0.05) is 38.1 Å². The highest BCUT2D eigenvalue weighted by Gasteiger charge is 2.32. The summed E-state index contributed by atoms with van der Waals surface area (Å²) in [6, 6.07) is 14.7. The Hall–Kier alpha value is -3.12. The Morgan fingerprint density at radius 2 is 1.95 bits per heavy atom. The number of aromatic nitrogens is 2. The summed E-state index contributed by atoms with van der Waals surface area (Å²) < 4.78 is 8.12. The number of carbonyl (C=O) groups excluding carboxylic acids is 1. The third kappa shape index (κ3) is 6.61. The molecule has 2 aromatic carbocycles. The number of hydrogen-bond donors (Lipinski definition) is 0. The van der Waals surface area contributed by atoms with Crippen molar-refractivity contribution in [2.24, 2.45) is 0 Å². The van der Waals surface area contributed by atoms with E-state index in [4.69, 9.17) is 4.74 Å². The van der Waals surface area contributed by atoms with Crippen molar-refractivity contribution in [3.05, 3.63) is 77.1 Å². The normalized spacial score (nSPS) is 15.2. The van der Waals surface area contributed by atoms with E-state index < -0.39 is 0 Å². The Kier molecular flexibility index (Phi) is 9.04. The average Bonchev–Trinajstić information content (AvgIpc) is 3.37. The zero-order chi connectivity index (χ0) is 26.4. The van der Waals surface area contributed by atoms with E-state index in [0.29, 0.717) is 19.1 Å². The number of benzene rings is 2. The number of nitrogens with zero attached hydrogens (tertiary/aromatic N) is 4. The number of anilines is 1. The monoisotopic (exact) mass is 502 g/mol. The lowest BCUT2D eigenvalue weighted by atomic mass is 9.81. The van der Waals surface area contributed by atoms with Crippen LogP contribution in [-0.4, -0.2) is 47.8 Å². The summed E-state index contributed by atoms with van der Waals surface area (Å²) in [5, 5.41) is 4.44. The number of amides is 1. The van der Waals surface area contributed by atoms with E-state index in [1.807, 2.05) is 28.0 Å². The number of hydrogen-bond acceptors (Lipinski definition) is 4. The van der Waals surface area contributed by atoms with Crippen molar-refractivity contribution in [1.29, 1.82) is 0 Å². The van der Waals surface area contributed by atoms with Gasteiger partial charge in [0, 0.05) is 30.5 Å². The minimum Gasteiger partial charge on any atom is -0.493 e. The molecule has 1 atom stereocenters. The fourth-order valence-corrected chi connectivity index (χ4v) is 5.14. The van der Waals surface area contributed by atoms with Crippen LogP contribution in [0.3, 0.4) is 0 Å². The first kappa shape index (κ1) is 26.9. The van der Waals surface area contributed by atoms with Crippen molar-refractivity contribution in [2.75, 3.05) is 32.1 Å². The fraction of sp³-hybridized carbons (Fsp3) is 0.484. The van der Waals surface area contributed by atoms with Crippen LogP contribution >= 0.6 is 0 Å². The van der Waals surface area contributed by atoms with Gasteiger partial charge in [0.15, 0.2) is 0 Å². The van der Waals surface area contributed by atoms with E-state index in [2.05, 4.69) is 81.3 Å². The lowest BCUT2D eigenvalue weighted by molar-refractivity contribution is -0.120. The minimum absolute atomic E-state index is 0.146. The maximum Gasteiger partial charge on any atom is 0.234 e. The van der Waals surface area contributed by atoms with E-state index >= 15 is 0 Å². The Morgan fingerprint density at radius 3 is 2.62 bits per heavy atom. The molecular weight excluding hydrogens is 460 g/mol. The molecule has 4 rings (SSSR count). The molecule has 198 valence electrons. The van der Waals surface area contributed by atoms with Gasteiger partial charge in [0.1, 0.15) is 5.75 Å². The van der Waals surface area contributed by atoms with Crippen molar-refractivity contribution >= 4 is 11.6 Å². The van der Waals surface area contributed by atoms with Crippen LogP contribution < -0.4 is 9.64 Å². The Bertz CT molecular complexity index is 1170. The molecule has 0 radical (unpaired) electrons. The van der Waals surface area contributed by atoms with Crippen molar-refractivity contribution < 1.29 is 9.53 Å². The molecule has 1 amide bonds. The summed E-state index contributed by atoms with van der Waals surface area (Å²) >= 11 is 0. The maximum absolute atomic E-state index is 14.3. The van der Waals surface area contributed by atoms with Crippen LogP contribution in [0.15, 0.2) is 54.9 Å². The van der Waals surface area contributed by atoms with E-state index in [1.165, 1.54) is 11.1 Å². The lowest BCUT2D eigenvalue weighted by Crippen LogP contribution is -2.36. The molecule has 1 aromatic heterocycles. The molecule has 0 spiro atoms. The molecule has 1 aliphatic carbocycles. The molecule has 0 saturated carbocycles. The van der Waals surface area contributed by atoms with Crippen LogP contribution in [0.25, 0.3) is 0 Å². The predicted octanol–water partition coefficient (Wildman–Crippen LogP) is 6.01. The number of rotatable bonds is 11. The first-order chi connectivity index (χ1) is 17.9. The molecule has 0 fully saturated rings. The molecule has 0 N–H and O–H groups in total. The van der Waals surface area contributed by atoms with Gasteiger partial charge in [-0.2, -0.15) is 5.10 Å². The van der Waals surface area contributed by atoms with Crippen LogP contribution in [0, 0.1) is 0 Å². The largest absolute Gasteiger partial charge is 0.493 e. The quantitative estimate of drug-likeness (QED) is 0.301. The number of aryl methyl sites for hydroxylation is 1. The maximum atomic E-state index is 14.3. The molecule has 1 unspecified atom stereocenters. The first-order valence-electron chi connectivity index (χ1n) is 13.7. The zero-order valence-corrected chi connectivity index (χ0v) is 23.1. The molecule has 1 aliphatic rings. The topological polar surface area (TPSA) is 50.6 Å². The Morgan fingerprint density at radius 1 is 1.16 bits per heavy atom. The van der Waals surface area contributed by atoms with Gasteiger partial charge in [-0.25, -0.2) is 0 Å². The third-order valence-electron chi connectivity index (χ3n) is 7.26. The summed E-state index contributed by atoms with van der Waals surface area (Å²) in [7, 11) is 4.16. The van der Waals surface area contributed by atoms with Gasteiger partial charge < -0.3 is 14.5 Å². The van der Waals surface area contributed by atoms with Gasteiger partial charge in [-0.15, -0.1) is 0 Å². The molecule has 6 nitrogen and oxygen atoms in total. The Labute approximate surface area is 222 Å². The summed E-state index contributed by atoms with van der Waals surface area (Å²) in [6.45, 7) is 9.45. The molecule has 6 heteroatoms. The zero-order valence-electron chi connectivity index (χ0n) is 23.1. The van der Waals surface area contributed by atoms with Gasteiger partial charge >= 0.3 is 0 Å². The van der Waals surface area contributed by atoms with E-state index in [-0.39, 0.29) is 11.8 Å². The van der Waals surface area contributed by atoms with E-state index in [0.717, 1.165) is 61.3 Å². The van der Waals surface area contributed by atoms with Crippen LogP contribution in [0.1, 0.15) is 74.1 Å². The lowest BCUT2D eigenvalue weighted by Gasteiger charge is -2.32. The second-order valence-corrected chi connectivity index (χ2v) is 10.6. The van der Waals surface area contributed by atoms with Crippen molar-refractivity contribution in [1.82, 2.24) is 14.7 Å². The van der Waals surface area contributed by atoms with Gasteiger partial charge in [-0.05, 0) is 87.5 Å². The highest BCUT2D eigenvalue weighted by molar-refractivity contribution is 5.98. The molecule has 0 bridgehead atoms. The van der Waals surface area contributed by atoms with Crippen molar-refractivity contribution in [2.45, 2.75) is 71.4 Å². The highest BCUT2D eigenvalue weighted by Crippen LogP contribution is 2.39. The van der Waals surface area contributed by atoms with Crippen LogP contribution in [0.4, 0.5) is 5.69 Å². The van der Waals surface area contributed by atoms with Crippen LogP contribution in [-0.2, 0) is 24.3 Å². The van der Waals surface area contributed by atoms with Gasteiger partial charge in [0.05, 0.1) is 25.3 Å². The first-order valence-corrected chi connectivity index (χ1v) is 13.7. The van der Waals surface area contributed by atoms with Crippen LogP contribution in [0.2, 0.25) is 0 Å². The predicted molar refractivity (Wildman–Crippen MR) is 150 cm³/mol. The number of ether oxygens (including phenoxy) is 1. The van der Waals surface area contributed by atoms with Crippen LogP contribution in [0.5, 0.6) is 5.75 Å². The second-order valence-electron chi connectivity index (χ2n) is 10.6. The standard InChI is InChI=1S/C31H42N4O2/c1-6-34-21-24(20-32-34)22-35(26-16-14-25(15-17-26)23(2)3)31(36)29-12-7-11-28-27(29)10-8-13-30(28)37-19-9-18-33(4)5/h8,10,13-17,20-21,23,29H,6-7,9,11-12,18-19,22H2,1-5H3. The minimum atomic E-state index is -0.180. The molecular formula is C31H42N4O2. The van der Waals surface area contributed by atoms with Gasteiger partial charge in [-0.3, -0.25) is 9.48 Å². The SMILES string of the molecule is CCn1cc(CN(C(=O)C2CCCc3c(OCCCN(C)C)cccc32)c2ccc(C(C)C)cc2)cn1. The third-order valence-corrected chi connectivity index (χ3v) is 7.26. The second kappa shape index (κ2) is 12.4. The highest BCUT2D eigenvalue weighted by atomic mass is 16.5. The molecule has 0 saturated heterocycles. The molecule has 1 heterocycles.